The van der Waals surface area contributed by atoms with Crippen molar-refractivity contribution in [3.63, 3.8) is 0 Å². The van der Waals surface area contributed by atoms with Crippen LogP contribution in [0.3, 0.4) is 0 Å². The number of hydrogen-bond donors (Lipinski definition) is 1. The first-order valence-electron chi connectivity index (χ1n) is 7.12. The van der Waals surface area contributed by atoms with Gasteiger partial charge in [-0.3, -0.25) is 9.78 Å². The number of carbonyl (C=O) groups excluding carboxylic acids is 1. The molecule has 104 valence electrons. The van der Waals surface area contributed by atoms with Crippen molar-refractivity contribution < 1.29 is 4.79 Å². The highest BCUT2D eigenvalue weighted by Gasteiger charge is 2.21. The molecule has 4 heteroatoms. The monoisotopic (exact) mass is 278 g/mol. The molecule has 2 heterocycles. The number of thiol groups is 1. The summed E-state index contributed by atoms with van der Waals surface area (Å²) in [5, 5.41) is 0. The van der Waals surface area contributed by atoms with Gasteiger partial charge in [0.05, 0.1) is 5.69 Å². The lowest BCUT2D eigenvalue weighted by Crippen LogP contribution is -2.31. The van der Waals surface area contributed by atoms with Crippen LogP contribution in [0, 0.1) is 0 Å². The van der Waals surface area contributed by atoms with Crippen molar-refractivity contribution in [1.82, 2.24) is 9.88 Å². The van der Waals surface area contributed by atoms with E-state index in [-0.39, 0.29) is 0 Å². The predicted molar refractivity (Wildman–Crippen MR) is 79.7 cm³/mol. The van der Waals surface area contributed by atoms with Crippen LogP contribution in [0.15, 0.2) is 17.0 Å². The van der Waals surface area contributed by atoms with E-state index in [1.807, 2.05) is 4.90 Å². The number of pyridine rings is 1. The SMILES string of the molecule is CCCCc1nc(C2CCN(C=O)CC2)ccc1S. The fraction of sp³-hybridized carbons (Fsp3) is 0.600. The average Bonchev–Trinajstić information content (AvgIpc) is 2.46. The number of rotatable bonds is 5. The lowest BCUT2D eigenvalue weighted by molar-refractivity contribution is -0.119. The molecule has 1 aliphatic heterocycles. The van der Waals surface area contributed by atoms with Crippen molar-refractivity contribution >= 4 is 19.0 Å². The Morgan fingerprint density at radius 1 is 1.42 bits per heavy atom. The average molecular weight is 278 g/mol. The Morgan fingerprint density at radius 2 is 2.16 bits per heavy atom. The van der Waals surface area contributed by atoms with Crippen molar-refractivity contribution in [2.45, 2.75) is 49.8 Å². The van der Waals surface area contributed by atoms with Crippen LogP contribution in [0.2, 0.25) is 0 Å². The van der Waals surface area contributed by atoms with Crippen LogP contribution in [0.5, 0.6) is 0 Å². The second-order valence-corrected chi connectivity index (χ2v) is 5.70. The highest BCUT2D eigenvalue weighted by molar-refractivity contribution is 7.80. The Bertz CT molecular complexity index is 428. The van der Waals surface area contributed by atoms with Gasteiger partial charge >= 0.3 is 0 Å². The first-order chi connectivity index (χ1) is 9.24. The smallest absolute Gasteiger partial charge is 0.209 e. The Balaban J connectivity index is 2.06. The van der Waals surface area contributed by atoms with Gasteiger partial charge in [0.15, 0.2) is 0 Å². The van der Waals surface area contributed by atoms with Crippen LogP contribution in [0.25, 0.3) is 0 Å². The minimum Gasteiger partial charge on any atom is -0.345 e. The van der Waals surface area contributed by atoms with Crippen molar-refractivity contribution in [1.29, 1.82) is 0 Å². The molecule has 0 N–H and O–H groups in total. The molecule has 0 atom stereocenters. The van der Waals surface area contributed by atoms with Gasteiger partial charge in [-0.1, -0.05) is 13.3 Å². The number of hydrogen-bond acceptors (Lipinski definition) is 3. The molecule has 0 bridgehead atoms. The third-order valence-electron chi connectivity index (χ3n) is 3.84. The first-order valence-corrected chi connectivity index (χ1v) is 7.57. The molecule has 0 spiro atoms. The number of unbranched alkanes of at least 4 members (excludes halogenated alkanes) is 1. The third kappa shape index (κ3) is 3.72. The Labute approximate surface area is 120 Å². The number of likely N-dealkylation sites (tertiary alicyclic amines) is 1. The zero-order chi connectivity index (χ0) is 13.7. The van der Waals surface area contributed by atoms with E-state index in [4.69, 9.17) is 4.98 Å². The fourth-order valence-corrected chi connectivity index (χ4v) is 2.80. The highest BCUT2D eigenvalue weighted by Crippen LogP contribution is 2.28. The zero-order valence-electron chi connectivity index (χ0n) is 11.5. The van der Waals surface area contributed by atoms with Gasteiger partial charge in [0, 0.05) is 29.6 Å². The van der Waals surface area contributed by atoms with E-state index in [1.165, 1.54) is 12.1 Å². The van der Waals surface area contributed by atoms with E-state index >= 15 is 0 Å². The molecule has 1 amide bonds. The molecule has 0 unspecified atom stereocenters. The molecule has 0 radical (unpaired) electrons. The third-order valence-corrected chi connectivity index (χ3v) is 4.24. The van der Waals surface area contributed by atoms with Gasteiger partial charge in [-0.05, 0) is 37.8 Å². The molecular formula is C15H22N2OS. The Morgan fingerprint density at radius 3 is 2.79 bits per heavy atom. The van der Waals surface area contributed by atoms with Gasteiger partial charge in [0.25, 0.3) is 0 Å². The summed E-state index contributed by atoms with van der Waals surface area (Å²) in [5.41, 5.74) is 2.30. The summed E-state index contributed by atoms with van der Waals surface area (Å²) in [4.78, 5) is 18.4. The summed E-state index contributed by atoms with van der Waals surface area (Å²) in [6, 6.07) is 4.17. The van der Waals surface area contributed by atoms with E-state index in [1.54, 1.807) is 0 Å². The van der Waals surface area contributed by atoms with Crippen molar-refractivity contribution in [3.05, 3.63) is 23.5 Å². The minimum atomic E-state index is 0.491. The first kappa shape index (κ1) is 14.4. The van der Waals surface area contributed by atoms with Crippen LogP contribution in [-0.2, 0) is 11.2 Å². The van der Waals surface area contributed by atoms with Crippen LogP contribution in [0.1, 0.15) is 49.9 Å². The zero-order valence-corrected chi connectivity index (χ0v) is 12.4. The maximum Gasteiger partial charge on any atom is 0.209 e. The number of amides is 1. The van der Waals surface area contributed by atoms with Crippen molar-refractivity contribution in [3.8, 4) is 0 Å². The number of piperidine rings is 1. The summed E-state index contributed by atoms with van der Waals surface area (Å²) in [6.45, 7) is 3.89. The molecule has 0 aliphatic carbocycles. The molecule has 1 saturated heterocycles. The molecule has 1 aromatic heterocycles. The molecule has 0 aromatic carbocycles. The molecule has 3 nitrogen and oxygen atoms in total. The largest absolute Gasteiger partial charge is 0.345 e. The number of aryl methyl sites for hydroxylation is 1. The standard InChI is InChI=1S/C15H22N2OS/c1-2-3-4-14-15(19)6-5-13(16-14)12-7-9-17(11-18)10-8-12/h5-6,11-12,19H,2-4,7-10H2,1H3. The summed E-state index contributed by atoms with van der Waals surface area (Å²) >= 11 is 4.49. The topological polar surface area (TPSA) is 33.2 Å². The van der Waals surface area contributed by atoms with E-state index in [9.17, 15) is 4.79 Å². The lowest BCUT2D eigenvalue weighted by atomic mass is 9.93. The normalized spacial score (nSPS) is 16.6. The quantitative estimate of drug-likeness (QED) is 0.663. The Kier molecular flexibility index (Phi) is 5.25. The number of nitrogens with zero attached hydrogens (tertiary/aromatic N) is 2. The summed E-state index contributed by atoms with van der Waals surface area (Å²) < 4.78 is 0. The van der Waals surface area contributed by atoms with E-state index < -0.39 is 0 Å². The second-order valence-electron chi connectivity index (χ2n) is 5.22. The summed E-state index contributed by atoms with van der Waals surface area (Å²) in [5.74, 6) is 0.491. The van der Waals surface area contributed by atoms with E-state index in [0.717, 1.165) is 55.8 Å². The number of aromatic nitrogens is 1. The van der Waals surface area contributed by atoms with E-state index in [2.05, 4.69) is 31.7 Å². The Hall–Kier alpha value is -1.03. The van der Waals surface area contributed by atoms with Crippen molar-refractivity contribution in [2.24, 2.45) is 0 Å². The van der Waals surface area contributed by atoms with Gasteiger partial charge < -0.3 is 4.90 Å². The van der Waals surface area contributed by atoms with Gasteiger partial charge in [-0.15, -0.1) is 12.6 Å². The van der Waals surface area contributed by atoms with Crippen molar-refractivity contribution in [2.75, 3.05) is 13.1 Å². The van der Waals surface area contributed by atoms with Gasteiger partial charge in [0.1, 0.15) is 0 Å². The number of carbonyl (C=O) groups is 1. The van der Waals surface area contributed by atoms with Crippen LogP contribution >= 0.6 is 12.6 Å². The maximum absolute atomic E-state index is 10.7. The van der Waals surface area contributed by atoms with Gasteiger partial charge in [0.2, 0.25) is 6.41 Å². The fourth-order valence-electron chi connectivity index (χ4n) is 2.57. The minimum absolute atomic E-state index is 0.491. The maximum atomic E-state index is 10.7. The molecule has 1 aliphatic rings. The van der Waals surface area contributed by atoms with Crippen LogP contribution in [-0.4, -0.2) is 29.4 Å². The summed E-state index contributed by atoms with van der Waals surface area (Å²) in [7, 11) is 0. The molecule has 19 heavy (non-hydrogen) atoms. The molecule has 0 saturated carbocycles. The lowest BCUT2D eigenvalue weighted by Gasteiger charge is -2.29. The highest BCUT2D eigenvalue weighted by atomic mass is 32.1. The van der Waals surface area contributed by atoms with Gasteiger partial charge in [-0.2, -0.15) is 0 Å². The molecule has 1 aromatic rings. The van der Waals surface area contributed by atoms with Gasteiger partial charge in [-0.25, -0.2) is 0 Å². The summed E-state index contributed by atoms with van der Waals surface area (Å²) in [6.07, 6.45) is 6.34. The van der Waals surface area contributed by atoms with Crippen LogP contribution in [0.4, 0.5) is 0 Å². The molecule has 1 fully saturated rings. The molecular weight excluding hydrogens is 256 g/mol. The second kappa shape index (κ2) is 6.94. The van der Waals surface area contributed by atoms with E-state index in [0.29, 0.717) is 5.92 Å². The molecule has 2 rings (SSSR count). The van der Waals surface area contributed by atoms with Crippen LogP contribution < -0.4 is 0 Å². The predicted octanol–water partition coefficient (Wildman–Crippen LogP) is 3.05.